The molecule has 1 N–H and O–H groups in total. The second-order valence-electron chi connectivity index (χ2n) is 1.13. The fraction of sp³-hybridized carbons (Fsp3) is 0.167. The second-order valence-corrected chi connectivity index (χ2v) is 1.13. The topological polar surface area (TPSA) is 20.2 Å². The molecule has 0 aromatic heterocycles. The van der Waals surface area contributed by atoms with Crippen LogP contribution in [0.5, 0.6) is 0 Å². The maximum Gasteiger partial charge on any atom is 0.111 e. The molecular weight excluding hydrogens is 88.1 g/mol. The van der Waals surface area contributed by atoms with Crippen molar-refractivity contribution in [3.05, 3.63) is 30.9 Å². The standard InChI is InChI=1S/C6H9O/c1-3-5-6(7)4-2/h3-5,7H,2H2,1H3/b5-3+,6-4+. The summed E-state index contributed by atoms with van der Waals surface area (Å²) in [4.78, 5) is 0. The summed E-state index contributed by atoms with van der Waals surface area (Å²) in [6.45, 7) is 5.17. The molecule has 0 spiro atoms. The lowest BCUT2D eigenvalue weighted by Gasteiger charge is -1.81. The van der Waals surface area contributed by atoms with Gasteiger partial charge in [0.2, 0.25) is 0 Å². The van der Waals surface area contributed by atoms with Crippen LogP contribution in [0.15, 0.2) is 24.0 Å². The monoisotopic (exact) mass is 97.1 g/mol. The minimum Gasteiger partial charge on any atom is -0.508 e. The number of hydrogen-bond acceptors (Lipinski definition) is 1. The van der Waals surface area contributed by atoms with Gasteiger partial charge in [-0.1, -0.05) is 6.08 Å². The molecule has 1 heteroatoms. The van der Waals surface area contributed by atoms with Crippen molar-refractivity contribution in [2.24, 2.45) is 0 Å². The number of rotatable bonds is 1. The van der Waals surface area contributed by atoms with Gasteiger partial charge in [-0.05, 0) is 26.0 Å². The molecular formula is C6H9O. The molecule has 39 valence electrons. The average Bonchev–Trinajstić information content (AvgIpc) is 1.68. The largest absolute Gasteiger partial charge is 0.508 e. The lowest BCUT2D eigenvalue weighted by Crippen LogP contribution is -1.67. The van der Waals surface area contributed by atoms with Crippen LogP contribution in [0.2, 0.25) is 0 Å². The van der Waals surface area contributed by atoms with Crippen LogP contribution in [0.4, 0.5) is 0 Å². The Morgan fingerprint density at radius 2 is 2.29 bits per heavy atom. The highest BCUT2D eigenvalue weighted by atomic mass is 16.3. The summed E-state index contributed by atoms with van der Waals surface area (Å²) in [5.41, 5.74) is 0. The number of aliphatic hydroxyl groups excluding tert-OH is 1. The van der Waals surface area contributed by atoms with Crippen LogP contribution in [0.25, 0.3) is 0 Å². The van der Waals surface area contributed by atoms with E-state index in [-0.39, 0.29) is 5.76 Å². The van der Waals surface area contributed by atoms with Crippen molar-refractivity contribution < 1.29 is 5.11 Å². The molecule has 0 bridgehead atoms. The summed E-state index contributed by atoms with van der Waals surface area (Å²) in [7, 11) is 0. The molecule has 0 aromatic rings. The molecule has 0 amide bonds. The summed E-state index contributed by atoms with van der Waals surface area (Å²) < 4.78 is 0. The Morgan fingerprint density at radius 1 is 1.71 bits per heavy atom. The van der Waals surface area contributed by atoms with E-state index in [9.17, 15) is 0 Å². The molecule has 0 aliphatic carbocycles. The normalized spacial score (nSPS) is 13.1. The molecule has 0 aliphatic heterocycles. The van der Waals surface area contributed by atoms with Crippen LogP contribution >= 0.6 is 0 Å². The van der Waals surface area contributed by atoms with Crippen LogP contribution in [0.1, 0.15) is 6.92 Å². The lowest BCUT2D eigenvalue weighted by molar-refractivity contribution is 0.432. The number of allylic oxidation sites excluding steroid dienone is 3. The molecule has 1 nitrogen and oxygen atoms in total. The Labute approximate surface area is 44.0 Å². The highest BCUT2D eigenvalue weighted by Crippen LogP contribution is 1.86. The number of hydrogen-bond donors (Lipinski definition) is 1. The lowest BCUT2D eigenvalue weighted by atomic mass is 10.4. The van der Waals surface area contributed by atoms with Crippen molar-refractivity contribution >= 4 is 0 Å². The van der Waals surface area contributed by atoms with E-state index in [4.69, 9.17) is 5.11 Å². The zero-order valence-corrected chi connectivity index (χ0v) is 4.39. The third kappa shape index (κ3) is 3.10. The van der Waals surface area contributed by atoms with Crippen LogP contribution < -0.4 is 0 Å². The van der Waals surface area contributed by atoms with Gasteiger partial charge in [0.25, 0.3) is 0 Å². The van der Waals surface area contributed by atoms with E-state index in [1.807, 2.05) is 6.92 Å². The predicted molar refractivity (Wildman–Crippen MR) is 30.9 cm³/mol. The van der Waals surface area contributed by atoms with Gasteiger partial charge in [0.1, 0.15) is 5.76 Å². The van der Waals surface area contributed by atoms with Crippen LogP contribution in [0.3, 0.4) is 0 Å². The Morgan fingerprint density at radius 3 is 2.43 bits per heavy atom. The molecule has 0 unspecified atom stereocenters. The van der Waals surface area contributed by atoms with Gasteiger partial charge in [-0.3, -0.25) is 0 Å². The Hall–Kier alpha value is -0.720. The van der Waals surface area contributed by atoms with Gasteiger partial charge in [0.05, 0.1) is 0 Å². The Balaban J connectivity index is 3.58. The fourth-order valence-corrected chi connectivity index (χ4v) is 0.239. The molecule has 0 heterocycles. The second kappa shape index (κ2) is 3.47. The van der Waals surface area contributed by atoms with Crippen molar-refractivity contribution in [3.63, 3.8) is 0 Å². The van der Waals surface area contributed by atoms with Gasteiger partial charge in [0.15, 0.2) is 0 Å². The summed E-state index contributed by atoms with van der Waals surface area (Å²) in [5.74, 6) is 0.211. The maximum atomic E-state index is 8.57. The van der Waals surface area contributed by atoms with Crippen LogP contribution in [0, 0.1) is 6.92 Å². The first-order valence-electron chi connectivity index (χ1n) is 2.12. The molecule has 7 heavy (non-hydrogen) atoms. The van der Waals surface area contributed by atoms with Crippen molar-refractivity contribution in [1.29, 1.82) is 0 Å². The van der Waals surface area contributed by atoms with Gasteiger partial charge in [0, 0.05) is 0 Å². The first-order valence-corrected chi connectivity index (χ1v) is 2.12. The van der Waals surface area contributed by atoms with Gasteiger partial charge in [-0.15, -0.1) is 0 Å². The molecule has 0 atom stereocenters. The first-order chi connectivity index (χ1) is 3.31. The quantitative estimate of drug-likeness (QED) is 0.391. The maximum absolute atomic E-state index is 8.57. The Bertz CT molecular complexity index is 90.4. The highest BCUT2D eigenvalue weighted by Gasteiger charge is 1.73. The van der Waals surface area contributed by atoms with E-state index < -0.39 is 0 Å². The molecule has 1 radical (unpaired) electrons. The third-order valence-electron chi connectivity index (χ3n) is 0.547. The molecule has 0 saturated carbocycles. The molecule has 0 rings (SSSR count). The molecule has 0 aromatic carbocycles. The predicted octanol–water partition coefficient (Wildman–Crippen LogP) is 1.84. The van der Waals surface area contributed by atoms with E-state index in [2.05, 4.69) is 6.92 Å². The van der Waals surface area contributed by atoms with Crippen molar-refractivity contribution in [1.82, 2.24) is 0 Å². The van der Waals surface area contributed by atoms with Gasteiger partial charge in [-0.25, -0.2) is 0 Å². The minimum absolute atomic E-state index is 0.211. The van der Waals surface area contributed by atoms with Crippen molar-refractivity contribution in [2.45, 2.75) is 6.92 Å². The Kier molecular flexibility index (Phi) is 3.11. The third-order valence-corrected chi connectivity index (χ3v) is 0.547. The van der Waals surface area contributed by atoms with Crippen LogP contribution in [-0.4, -0.2) is 5.11 Å². The molecule has 0 fully saturated rings. The van der Waals surface area contributed by atoms with E-state index >= 15 is 0 Å². The molecule has 0 saturated heterocycles. The van der Waals surface area contributed by atoms with E-state index in [1.54, 1.807) is 12.2 Å². The summed E-state index contributed by atoms with van der Waals surface area (Å²) in [6.07, 6.45) is 4.71. The highest BCUT2D eigenvalue weighted by molar-refractivity contribution is 5.09. The average molecular weight is 97.1 g/mol. The zero-order valence-electron chi connectivity index (χ0n) is 4.39. The van der Waals surface area contributed by atoms with Crippen molar-refractivity contribution in [3.8, 4) is 0 Å². The summed E-state index contributed by atoms with van der Waals surface area (Å²) in [6, 6.07) is 0. The van der Waals surface area contributed by atoms with E-state index in [0.29, 0.717) is 0 Å². The molecule has 0 aliphatic rings. The van der Waals surface area contributed by atoms with E-state index in [1.165, 1.54) is 6.08 Å². The summed E-state index contributed by atoms with van der Waals surface area (Å²) in [5, 5.41) is 8.57. The van der Waals surface area contributed by atoms with Gasteiger partial charge >= 0.3 is 0 Å². The first kappa shape index (κ1) is 6.28. The van der Waals surface area contributed by atoms with E-state index in [0.717, 1.165) is 0 Å². The SMILES string of the molecule is [CH2]/C=C(O)\C=C\C. The van der Waals surface area contributed by atoms with Gasteiger partial charge < -0.3 is 5.11 Å². The number of aliphatic hydroxyl groups is 1. The van der Waals surface area contributed by atoms with Crippen LogP contribution in [-0.2, 0) is 0 Å². The smallest absolute Gasteiger partial charge is 0.111 e. The minimum atomic E-state index is 0.211. The fourth-order valence-electron chi connectivity index (χ4n) is 0.239. The summed E-state index contributed by atoms with van der Waals surface area (Å²) >= 11 is 0. The zero-order chi connectivity index (χ0) is 5.70. The van der Waals surface area contributed by atoms with Gasteiger partial charge in [-0.2, -0.15) is 0 Å². The van der Waals surface area contributed by atoms with Crippen molar-refractivity contribution in [2.75, 3.05) is 0 Å².